The van der Waals surface area contributed by atoms with Crippen molar-refractivity contribution in [3.63, 3.8) is 0 Å². The van der Waals surface area contributed by atoms with E-state index in [9.17, 15) is 0 Å². The molecule has 0 radical (unpaired) electrons. The summed E-state index contributed by atoms with van der Waals surface area (Å²) in [5, 5.41) is 8.78. The van der Waals surface area contributed by atoms with E-state index in [0.29, 0.717) is 17.2 Å². The summed E-state index contributed by atoms with van der Waals surface area (Å²) in [7, 11) is 1.99. The molecule has 1 aliphatic heterocycles. The van der Waals surface area contributed by atoms with Crippen LogP contribution in [-0.4, -0.2) is 31.8 Å². The van der Waals surface area contributed by atoms with Crippen LogP contribution >= 0.6 is 0 Å². The van der Waals surface area contributed by atoms with Gasteiger partial charge in [-0.25, -0.2) is 4.98 Å². The third kappa shape index (κ3) is 2.90. The topological polar surface area (TPSA) is 75.2 Å². The van der Waals surface area contributed by atoms with Crippen LogP contribution in [0, 0.1) is 17.2 Å². The van der Waals surface area contributed by atoms with E-state index in [0.717, 1.165) is 38.4 Å². The molecule has 0 amide bonds. The predicted molar refractivity (Wildman–Crippen MR) is 70.2 cm³/mol. The lowest BCUT2D eigenvalue weighted by atomic mass is 10.00. The molecule has 0 aromatic carbocycles. The second kappa shape index (κ2) is 5.69. The summed E-state index contributed by atoms with van der Waals surface area (Å²) in [5.41, 5.74) is 6.98. The largest absolute Gasteiger partial charge is 0.396 e. The number of nitrogen functional groups attached to an aromatic ring is 1. The van der Waals surface area contributed by atoms with E-state index >= 15 is 0 Å². The molecule has 2 N–H and O–H groups in total. The van der Waals surface area contributed by atoms with E-state index in [1.54, 1.807) is 12.3 Å². The van der Waals surface area contributed by atoms with Gasteiger partial charge in [-0.2, -0.15) is 5.26 Å². The Bertz CT molecular complexity index is 449. The Balaban J connectivity index is 2.04. The fourth-order valence-corrected chi connectivity index (χ4v) is 2.26. The minimum atomic E-state index is 0.496. The van der Waals surface area contributed by atoms with Crippen LogP contribution in [0.15, 0.2) is 12.3 Å². The number of pyridine rings is 1. The van der Waals surface area contributed by atoms with E-state index in [2.05, 4.69) is 9.88 Å². The third-order valence-electron chi connectivity index (χ3n) is 3.26. The number of hydrogen-bond acceptors (Lipinski definition) is 5. The number of anilines is 2. The molecule has 0 unspecified atom stereocenters. The highest BCUT2D eigenvalue weighted by molar-refractivity contribution is 5.64. The lowest BCUT2D eigenvalue weighted by molar-refractivity contribution is 0.0685. The van der Waals surface area contributed by atoms with Gasteiger partial charge < -0.3 is 15.4 Å². The van der Waals surface area contributed by atoms with Crippen molar-refractivity contribution >= 4 is 11.5 Å². The molecule has 0 aliphatic carbocycles. The summed E-state index contributed by atoms with van der Waals surface area (Å²) in [6.45, 7) is 2.61. The van der Waals surface area contributed by atoms with Gasteiger partial charge in [0, 0.05) is 33.0 Å². The second-order valence-corrected chi connectivity index (χ2v) is 4.68. The Kier molecular flexibility index (Phi) is 4.00. The molecule has 1 fully saturated rings. The molecule has 5 heteroatoms. The van der Waals surface area contributed by atoms with Crippen molar-refractivity contribution < 1.29 is 4.74 Å². The van der Waals surface area contributed by atoms with Crippen molar-refractivity contribution in [3.05, 3.63) is 17.8 Å². The Morgan fingerprint density at radius 1 is 1.56 bits per heavy atom. The number of nitrogens with zero attached hydrogens (tertiary/aromatic N) is 3. The first kappa shape index (κ1) is 12.7. The first-order chi connectivity index (χ1) is 8.70. The van der Waals surface area contributed by atoms with Gasteiger partial charge in [-0.15, -0.1) is 0 Å². The standard InChI is InChI=1S/C13H18N4O/c1-17(9-10-2-4-18-5-3-10)13-12(15)6-11(7-14)8-16-13/h6,8,10H,2-5,9,15H2,1H3. The molecule has 0 saturated carbocycles. The Labute approximate surface area is 107 Å². The lowest BCUT2D eigenvalue weighted by Crippen LogP contribution is -2.30. The molecular weight excluding hydrogens is 228 g/mol. The molecule has 0 bridgehead atoms. The molecule has 18 heavy (non-hydrogen) atoms. The van der Waals surface area contributed by atoms with Crippen molar-refractivity contribution in [3.8, 4) is 6.07 Å². The highest BCUT2D eigenvalue weighted by Crippen LogP contribution is 2.23. The van der Waals surface area contributed by atoms with Crippen molar-refractivity contribution in [2.24, 2.45) is 5.92 Å². The first-order valence-corrected chi connectivity index (χ1v) is 6.15. The molecule has 96 valence electrons. The highest BCUT2D eigenvalue weighted by Gasteiger charge is 2.17. The zero-order valence-electron chi connectivity index (χ0n) is 10.6. The van der Waals surface area contributed by atoms with Crippen LogP contribution in [0.25, 0.3) is 0 Å². The average molecular weight is 246 g/mol. The van der Waals surface area contributed by atoms with E-state index in [1.807, 2.05) is 13.1 Å². The summed E-state index contributed by atoms with van der Waals surface area (Å²) >= 11 is 0. The second-order valence-electron chi connectivity index (χ2n) is 4.68. The van der Waals surface area contributed by atoms with Gasteiger partial charge in [0.1, 0.15) is 6.07 Å². The van der Waals surface area contributed by atoms with Crippen LogP contribution in [0.5, 0.6) is 0 Å². The van der Waals surface area contributed by atoms with Gasteiger partial charge in [-0.1, -0.05) is 0 Å². The van der Waals surface area contributed by atoms with Crippen LogP contribution < -0.4 is 10.6 Å². The Hall–Kier alpha value is -1.80. The number of aromatic nitrogens is 1. The summed E-state index contributed by atoms with van der Waals surface area (Å²) in [4.78, 5) is 6.32. The average Bonchev–Trinajstić information content (AvgIpc) is 2.39. The smallest absolute Gasteiger partial charge is 0.151 e. The molecular formula is C13H18N4O. The number of nitriles is 1. The van der Waals surface area contributed by atoms with Crippen molar-refractivity contribution in [2.75, 3.05) is 37.4 Å². The molecule has 0 atom stereocenters. The molecule has 1 aliphatic rings. The summed E-state index contributed by atoms with van der Waals surface area (Å²) in [6.07, 6.45) is 3.73. The van der Waals surface area contributed by atoms with Gasteiger partial charge in [0.2, 0.25) is 0 Å². The van der Waals surface area contributed by atoms with Gasteiger partial charge in [-0.05, 0) is 24.8 Å². The van der Waals surface area contributed by atoms with Crippen LogP contribution in [0.3, 0.4) is 0 Å². The van der Waals surface area contributed by atoms with Crippen LogP contribution in [0.4, 0.5) is 11.5 Å². The Morgan fingerprint density at radius 3 is 2.89 bits per heavy atom. The van der Waals surface area contributed by atoms with Crippen LogP contribution in [0.1, 0.15) is 18.4 Å². The molecule has 1 saturated heterocycles. The fraction of sp³-hybridized carbons (Fsp3) is 0.538. The molecule has 2 heterocycles. The molecule has 1 aromatic rings. The summed E-state index contributed by atoms with van der Waals surface area (Å²) in [6, 6.07) is 3.71. The maximum Gasteiger partial charge on any atom is 0.151 e. The van der Waals surface area contributed by atoms with Crippen molar-refractivity contribution in [1.82, 2.24) is 4.98 Å². The number of nitrogens with two attached hydrogens (primary N) is 1. The quantitative estimate of drug-likeness (QED) is 0.872. The third-order valence-corrected chi connectivity index (χ3v) is 3.26. The molecule has 5 nitrogen and oxygen atoms in total. The highest BCUT2D eigenvalue weighted by atomic mass is 16.5. The zero-order chi connectivity index (χ0) is 13.0. The van der Waals surface area contributed by atoms with E-state index < -0.39 is 0 Å². The van der Waals surface area contributed by atoms with Crippen molar-refractivity contribution in [2.45, 2.75) is 12.8 Å². The monoisotopic (exact) mass is 246 g/mol. The summed E-state index contributed by atoms with van der Waals surface area (Å²) in [5.74, 6) is 1.38. The first-order valence-electron chi connectivity index (χ1n) is 6.15. The molecule has 2 rings (SSSR count). The molecule has 0 spiro atoms. The van der Waals surface area contributed by atoms with E-state index in [-0.39, 0.29) is 0 Å². The van der Waals surface area contributed by atoms with Crippen LogP contribution in [0.2, 0.25) is 0 Å². The molecule has 1 aromatic heterocycles. The SMILES string of the molecule is CN(CC1CCOCC1)c1ncc(C#N)cc1N. The van der Waals surface area contributed by atoms with Crippen LogP contribution in [-0.2, 0) is 4.74 Å². The van der Waals surface area contributed by atoms with Gasteiger partial charge >= 0.3 is 0 Å². The normalized spacial score (nSPS) is 16.2. The van der Waals surface area contributed by atoms with Gasteiger partial charge in [0.05, 0.1) is 11.3 Å². The zero-order valence-corrected chi connectivity index (χ0v) is 10.6. The van der Waals surface area contributed by atoms with E-state index in [1.165, 1.54) is 0 Å². The van der Waals surface area contributed by atoms with E-state index in [4.69, 9.17) is 15.7 Å². The number of rotatable bonds is 3. The number of ether oxygens (including phenoxy) is 1. The maximum atomic E-state index is 8.78. The fourth-order valence-electron chi connectivity index (χ4n) is 2.26. The summed E-state index contributed by atoms with van der Waals surface area (Å²) < 4.78 is 5.35. The minimum absolute atomic E-state index is 0.496. The minimum Gasteiger partial charge on any atom is -0.396 e. The maximum absolute atomic E-state index is 8.78. The van der Waals surface area contributed by atoms with Gasteiger partial charge in [-0.3, -0.25) is 0 Å². The van der Waals surface area contributed by atoms with Gasteiger partial charge in [0.25, 0.3) is 0 Å². The number of hydrogen-bond donors (Lipinski definition) is 1. The lowest BCUT2D eigenvalue weighted by Gasteiger charge is -2.28. The predicted octanol–water partition coefficient (Wildman–Crippen LogP) is 1.40. The van der Waals surface area contributed by atoms with Crippen molar-refractivity contribution in [1.29, 1.82) is 5.26 Å². The van der Waals surface area contributed by atoms with Gasteiger partial charge in [0.15, 0.2) is 5.82 Å². The Morgan fingerprint density at radius 2 is 2.28 bits per heavy atom.